The summed E-state index contributed by atoms with van der Waals surface area (Å²) in [5.74, 6) is 1.16. The number of aldehydes is 1. The second-order valence-corrected chi connectivity index (χ2v) is 7.96. The molecule has 0 bridgehead atoms. The minimum atomic E-state index is -0.624. The van der Waals surface area contributed by atoms with Gasteiger partial charge in [0.05, 0.1) is 6.61 Å². The molecule has 5 nitrogen and oxygen atoms in total. The van der Waals surface area contributed by atoms with Crippen LogP contribution in [0.5, 0.6) is 11.5 Å². The maximum absolute atomic E-state index is 13.0. The molecule has 162 valence electrons. The van der Waals surface area contributed by atoms with E-state index in [4.69, 9.17) is 9.47 Å². The van der Waals surface area contributed by atoms with Crippen LogP contribution in [0, 0.1) is 11.7 Å². The summed E-state index contributed by atoms with van der Waals surface area (Å²) in [7, 11) is 0. The molecule has 1 fully saturated rings. The van der Waals surface area contributed by atoms with Crippen molar-refractivity contribution >= 4 is 6.29 Å². The Balaban J connectivity index is 1.44. The van der Waals surface area contributed by atoms with Gasteiger partial charge in [-0.15, -0.1) is 0 Å². The SMILES string of the molecule is CC(C=O)c1ccccc1OCC(O)CN1CCCC(COc2ccc(F)cc2)C1. The lowest BCUT2D eigenvalue weighted by atomic mass is 9.98. The Kier molecular flexibility index (Phi) is 8.22. The highest BCUT2D eigenvalue weighted by Gasteiger charge is 2.23. The molecule has 1 aliphatic heterocycles. The van der Waals surface area contributed by atoms with E-state index in [1.807, 2.05) is 31.2 Å². The molecular weight excluding hydrogens is 385 g/mol. The Morgan fingerprint density at radius 2 is 1.97 bits per heavy atom. The van der Waals surface area contributed by atoms with Crippen molar-refractivity contribution in [2.45, 2.75) is 31.8 Å². The van der Waals surface area contributed by atoms with Crippen LogP contribution in [0.4, 0.5) is 4.39 Å². The normalized spacial score (nSPS) is 19.1. The smallest absolute Gasteiger partial charge is 0.127 e. The van der Waals surface area contributed by atoms with Gasteiger partial charge in [-0.3, -0.25) is 0 Å². The quantitative estimate of drug-likeness (QED) is 0.600. The lowest BCUT2D eigenvalue weighted by Crippen LogP contribution is -2.43. The van der Waals surface area contributed by atoms with Gasteiger partial charge in [0.15, 0.2) is 0 Å². The Morgan fingerprint density at radius 3 is 2.73 bits per heavy atom. The van der Waals surface area contributed by atoms with Crippen LogP contribution in [0.15, 0.2) is 48.5 Å². The van der Waals surface area contributed by atoms with Crippen molar-refractivity contribution < 1.29 is 23.8 Å². The van der Waals surface area contributed by atoms with Gasteiger partial charge in [0, 0.05) is 30.5 Å². The van der Waals surface area contributed by atoms with E-state index in [2.05, 4.69) is 4.90 Å². The first-order valence-corrected chi connectivity index (χ1v) is 10.5. The number of ether oxygens (including phenoxy) is 2. The maximum atomic E-state index is 13.0. The van der Waals surface area contributed by atoms with E-state index < -0.39 is 6.10 Å². The Hall–Kier alpha value is -2.44. The standard InChI is InChI=1S/C24H30FNO4/c1-18(15-27)23-6-2-3-7-24(23)30-17-21(28)14-26-12-4-5-19(13-26)16-29-22-10-8-20(25)9-11-22/h2-3,6-11,15,18-19,21,28H,4-5,12-14,16-17H2,1H3. The molecule has 0 aromatic heterocycles. The number of benzene rings is 2. The van der Waals surface area contributed by atoms with Crippen molar-refractivity contribution in [3.8, 4) is 11.5 Å². The molecule has 2 aromatic carbocycles. The number of likely N-dealkylation sites (tertiary alicyclic amines) is 1. The molecule has 0 aliphatic carbocycles. The summed E-state index contributed by atoms with van der Waals surface area (Å²) < 4.78 is 24.6. The van der Waals surface area contributed by atoms with Crippen LogP contribution in [-0.4, -0.2) is 55.2 Å². The van der Waals surface area contributed by atoms with E-state index in [0.717, 1.165) is 37.8 Å². The fourth-order valence-electron chi connectivity index (χ4n) is 3.80. The van der Waals surface area contributed by atoms with Crippen LogP contribution in [0.1, 0.15) is 31.2 Å². The third-order valence-corrected chi connectivity index (χ3v) is 5.42. The number of carbonyl (C=O) groups is 1. The lowest BCUT2D eigenvalue weighted by molar-refractivity contribution is -0.108. The molecule has 1 N–H and O–H groups in total. The average molecular weight is 416 g/mol. The largest absolute Gasteiger partial charge is 0.493 e. The molecule has 2 aromatic rings. The minimum absolute atomic E-state index is 0.176. The highest BCUT2D eigenvalue weighted by atomic mass is 19.1. The number of aliphatic hydroxyl groups excluding tert-OH is 1. The number of hydrogen-bond donors (Lipinski definition) is 1. The van der Waals surface area contributed by atoms with Gasteiger partial charge in [-0.2, -0.15) is 0 Å². The molecule has 0 spiro atoms. The van der Waals surface area contributed by atoms with Crippen molar-refractivity contribution in [3.05, 3.63) is 59.9 Å². The number of carbonyl (C=O) groups excluding carboxylic acids is 1. The number of para-hydroxylation sites is 1. The second kappa shape index (κ2) is 11.1. The molecule has 1 saturated heterocycles. The summed E-state index contributed by atoms with van der Waals surface area (Å²) in [6.07, 6.45) is 2.38. The summed E-state index contributed by atoms with van der Waals surface area (Å²) >= 11 is 0. The zero-order valence-corrected chi connectivity index (χ0v) is 17.4. The molecule has 0 amide bonds. The van der Waals surface area contributed by atoms with Gasteiger partial charge in [-0.25, -0.2) is 4.39 Å². The summed E-state index contributed by atoms with van der Waals surface area (Å²) in [5, 5.41) is 10.5. The van der Waals surface area contributed by atoms with Crippen molar-refractivity contribution in [1.29, 1.82) is 0 Å². The fourth-order valence-corrected chi connectivity index (χ4v) is 3.80. The van der Waals surface area contributed by atoms with Gasteiger partial charge in [-0.1, -0.05) is 25.1 Å². The molecule has 1 aliphatic rings. The zero-order chi connectivity index (χ0) is 21.3. The van der Waals surface area contributed by atoms with E-state index in [-0.39, 0.29) is 18.3 Å². The molecule has 1 heterocycles. The number of nitrogens with zero attached hydrogens (tertiary/aromatic N) is 1. The third kappa shape index (κ3) is 6.54. The fraction of sp³-hybridized carbons (Fsp3) is 0.458. The third-order valence-electron chi connectivity index (χ3n) is 5.42. The first-order valence-electron chi connectivity index (χ1n) is 10.5. The molecule has 0 saturated carbocycles. The summed E-state index contributed by atoms with van der Waals surface area (Å²) in [6, 6.07) is 13.5. The molecule has 3 rings (SSSR count). The number of rotatable bonds is 10. The van der Waals surface area contributed by atoms with Crippen molar-refractivity contribution in [2.24, 2.45) is 5.92 Å². The van der Waals surface area contributed by atoms with E-state index in [0.29, 0.717) is 30.6 Å². The first kappa shape index (κ1) is 22.2. The minimum Gasteiger partial charge on any atom is -0.493 e. The maximum Gasteiger partial charge on any atom is 0.127 e. The molecular formula is C24H30FNO4. The Bertz CT molecular complexity index is 798. The molecule has 6 heteroatoms. The van der Waals surface area contributed by atoms with Crippen LogP contribution in [0.2, 0.25) is 0 Å². The van der Waals surface area contributed by atoms with Crippen LogP contribution in [0.3, 0.4) is 0 Å². The van der Waals surface area contributed by atoms with Crippen LogP contribution in [-0.2, 0) is 4.79 Å². The highest BCUT2D eigenvalue weighted by molar-refractivity contribution is 5.63. The number of hydrogen-bond acceptors (Lipinski definition) is 5. The van der Waals surface area contributed by atoms with Gasteiger partial charge < -0.3 is 24.3 Å². The molecule has 3 atom stereocenters. The number of aliphatic hydroxyl groups is 1. The molecule has 3 unspecified atom stereocenters. The molecule has 0 radical (unpaired) electrons. The van der Waals surface area contributed by atoms with Crippen molar-refractivity contribution in [3.63, 3.8) is 0 Å². The second-order valence-electron chi connectivity index (χ2n) is 7.96. The number of piperidine rings is 1. The highest BCUT2D eigenvalue weighted by Crippen LogP contribution is 2.25. The molecule has 30 heavy (non-hydrogen) atoms. The predicted molar refractivity (Wildman–Crippen MR) is 113 cm³/mol. The Labute approximate surface area is 177 Å². The topological polar surface area (TPSA) is 59.0 Å². The summed E-state index contributed by atoms with van der Waals surface area (Å²) in [5.41, 5.74) is 0.829. The summed E-state index contributed by atoms with van der Waals surface area (Å²) in [4.78, 5) is 13.3. The van der Waals surface area contributed by atoms with E-state index >= 15 is 0 Å². The van der Waals surface area contributed by atoms with Gasteiger partial charge in [0.1, 0.15) is 36.3 Å². The van der Waals surface area contributed by atoms with Gasteiger partial charge in [0.2, 0.25) is 0 Å². The van der Waals surface area contributed by atoms with E-state index in [1.165, 1.54) is 12.1 Å². The Morgan fingerprint density at radius 1 is 1.20 bits per heavy atom. The van der Waals surface area contributed by atoms with Gasteiger partial charge in [0.25, 0.3) is 0 Å². The van der Waals surface area contributed by atoms with Gasteiger partial charge >= 0.3 is 0 Å². The van der Waals surface area contributed by atoms with Crippen molar-refractivity contribution in [2.75, 3.05) is 32.8 Å². The van der Waals surface area contributed by atoms with Crippen LogP contribution >= 0.6 is 0 Å². The predicted octanol–water partition coefficient (Wildman–Crippen LogP) is 3.66. The summed E-state index contributed by atoms with van der Waals surface area (Å²) in [6.45, 7) is 4.88. The van der Waals surface area contributed by atoms with Crippen LogP contribution in [0.25, 0.3) is 0 Å². The van der Waals surface area contributed by atoms with Crippen molar-refractivity contribution in [1.82, 2.24) is 4.90 Å². The van der Waals surface area contributed by atoms with Gasteiger partial charge in [-0.05, 0) is 49.7 Å². The lowest BCUT2D eigenvalue weighted by Gasteiger charge is -2.33. The average Bonchev–Trinajstić information content (AvgIpc) is 2.77. The zero-order valence-electron chi connectivity index (χ0n) is 17.4. The van der Waals surface area contributed by atoms with Crippen LogP contribution < -0.4 is 9.47 Å². The first-order chi connectivity index (χ1) is 14.5. The van der Waals surface area contributed by atoms with E-state index in [9.17, 15) is 14.3 Å². The monoisotopic (exact) mass is 415 g/mol. The number of β-amino-alcohol motifs (C(OH)–C–C–N with tert-alkyl or cyclic N) is 1. The van der Waals surface area contributed by atoms with E-state index in [1.54, 1.807) is 12.1 Å². The number of halogens is 1.